The van der Waals surface area contributed by atoms with Crippen LogP contribution in [0.25, 0.3) is 0 Å². The lowest BCUT2D eigenvalue weighted by Gasteiger charge is -2.34. The highest BCUT2D eigenvalue weighted by Gasteiger charge is 2.22. The van der Waals surface area contributed by atoms with Crippen molar-refractivity contribution >= 4 is 17.6 Å². The number of carbonyl (C=O) groups excluding carboxylic acids is 2. The lowest BCUT2D eigenvalue weighted by Crippen LogP contribution is -2.48. The summed E-state index contributed by atoms with van der Waals surface area (Å²) in [4.78, 5) is 30.0. The van der Waals surface area contributed by atoms with Crippen molar-refractivity contribution in [1.82, 2.24) is 15.6 Å². The molecule has 0 bridgehead atoms. The van der Waals surface area contributed by atoms with Crippen molar-refractivity contribution in [3.8, 4) is 0 Å². The summed E-state index contributed by atoms with van der Waals surface area (Å²) in [6.07, 6.45) is 3.42. The summed E-state index contributed by atoms with van der Waals surface area (Å²) in [5, 5.41) is 5.66. The predicted molar refractivity (Wildman–Crippen MR) is 85.9 cm³/mol. The Labute approximate surface area is 131 Å². The van der Waals surface area contributed by atoms with Gasteiger partial charge in [0.2, 0.25) is 5.91 Å². The van der Waals surface area contributed by atoms with E-state index in [9.17, 15) is 9.59 Å². The van der Waals surface area contributed by atoms with E-state index >= 15 is 0 Å². The van der Waals surface area contributed by atoms with Gasteiger partial charge in [0.25, 0.3) is 5.91 Å². The molecule has 1 aliphatic rings. The van der Waals surface area contributed by atoms with E-state index in [0.717, 1.165) is 38.2 Å². The number of hydrogen-bond acceptors (Lipinski definition) is 4. The topological polar surface area (TPSA) is 74.3 Å². The van der Waals surface area contributed by atoms with E-state index in [1.54, 1.807) is 13.1 Å². The van der Waals surface area contributed by atoms with Crippen LogP contribution in [0.1, 0.15) is 43.1 Å². The summed E-state index contributed by atoms with van der Waals surface area (Å²) in [7, 11) is 1.59. The highest BCUT2D eigenvalue weighted by Crippen LogP contribution is 2.18. The number of aromatic nitrogens is 1. The van der Waals surface area contributed by atoms with E-state index in [-0.39, 0.29) is 17.9 Å². The first kappa shape index (κ1) is 16.3. The molecule has 1 aromatic rings. The minimum Gasteiger partial charge on any atom is -0.355 e. The largest absolute Gasteiger partial charge is 0.355 e. The fraction of sp³-hybridized carbons (Fsp3) is 0.562. The van der Waals surface area contributed by atoms with Crippen molar-refractivity contribution in [2.75, 3.05) is 25.0 Å². The summed E-state index contributed by atoms with van der Waals surface area (Å²) in [6, 6.07) is 5.60. The van der Waals surface area contributed by atoms with E-state index in [1.165, 1.54) is 0 Å². The minimum atomic E-state index is -0.188. The van der Waals surface area contributed by atoms with Gasteiger partial charge in [-0.25, -0.2) is 4.98 Å². The Hall–Kier alpha value is -2.11. The van der Waals surface area contributed by atoms with Gasteiger partial charge in [0.05, 0.1) is 0 Å². The molecule has 2 rings (SSSR count). The van der Waals surface area contributed by atoms with Crippen LogP contribution in [0.15, 0.2) is 18.2 Å². The molecule has 1 saturated heterocycles. The van der Waals surface area contributed by atoms with Gasteiger partial charge in [-0.05, 0) is 31.4 Å². The summed E-state index contributed by atoms with van der Waals surface area (Å²) in [5.74, 6) is 0.712. The Morgan fingerprint density at radius 3 is 2.95 bits per heavy atom. The molecule has 0 unspecified atom stereocenters. The first-order valence-electron chi connectivity index (χ1n) is 7.87. The van der Waals surface area contributed by atoms with Crippen molar-refractivity contribution in [3.63, 3.8) is 0 Å². The third-order valence-electron chi connectivity index (χ3n) is 3.78. The minimum absolute atomic E-state index is 0.112. The van der Waals surface area contributed by atoms with Gasteiger partial charge in [-0.1, -0.05) is 13.0 Å². The second kappa shape index (κ2) is 7.77. The number of rotatable bonds is 5. The Kier molecular flexibility index (Phi) is 5.75. The maximum Gasteiger partial charge on any atom is 0.269 e. The fourth-order valence-corrected chi connectivity index (χ4v) is 2.68. The molecule has 22 heavy (non-hydrogen) atoms. The van der Waals surface area contributed by atoms with Crippen LogP contribution < -0.4 is 15.5 Å². The molecule has 2 heterocycles. The molecule has 120 valence electrons. The highest BCUT2D eigenvalue weighted by atomic mass is 16.2. The average Bonchev–Trinajstić information content (AvgIpc) is 2.54. The van der Waals surface area contributed by atoms with Crippen molar-refractivity contribution in [3.05, 3.63) is 23.9 Å². The van der Waals surface area contributed by atoms with Crippen molar-refractivity contribution in [2.24, 2.45) is 0 Å². The predicted octanol–water partition coefficient (Wildman–Crippen LogP) is 1.33. The second-order valence-electron chi connectivity index (χ2n) is 5.56. The number of piperidine rings is 1. The van der Waals surface area contributed by atoms with Crippen LogP contribution in [-0.2, 0) is 4.79 Å². The molecule has 2 amide bonds. The van der Waals surface area contributed by atoms with Crippen molar-refractivity contribution in [2.45, 2.75) is 38.6 Å². The van der Waals surface area contributed by atoms with Crippen LogP contribution in [-0.4, -0.2) is 43.0 Å². The summed E-state index contributed by atoms with van der Waals surface area (Å²) in [6.45, 7) is 3.63. The Bertz CT molecular complexity index is 533. The van der Waals surface area contributed by atoms with Crippen molar-refractivity contribution < 1.29 is 9.59 Å². The zero-order valence-electron chi connectivity index (χ0n) is 13.3. The Balaban J connectivity index is 2.03. The molecule has 1 fully saturated rings. The maximum atomic E-state index is 11.7. The van der Waals surface area contributed by atoms with Crippen LogP contribution in [0.2, 0.25) is 0 Å². The van der Waals surface area contributed by atoms with Crippen LogP contribution in [0.4, 0.5) is 5.82 Å². The van der Waals surface area contributed by atoms with Gasteiger partial charge in [0.15, 0.2) is 0 Å². The van der Waals surface area contributed by atoms with Crippen LogP contribution in [0.3, 0.4) is 0 Å². The molecule has 0 aromatic carbocycles. The number of nitrogens with zero attached hydrogens (tertiary/aromatic N) is 2. The molecule has 0 spiro atoms. The fourth-order valence-electron chi connectivity index (χ4n) is 2.68. The van der Waals surface area contributed by atoms with Gasteiger partial charge in [-0.2, -0.15) is 0 Å². The standard InChI is InChI=1S/C16H24N4O2/c1-3-6-15(21)18-12-7-5-10-20(11-12)14-9-4-8-13(19-14)16(22)17-2/h4,8-9,12H,3,5-7,10-11H2,1-2H3,(H,17,22)(H,18,21)/t12-/m0/s1. The van der Waals surface area contributed by atoms with Crippen LogP contribution >= 0.6 is 0 Å². The average molecular weight is 304 g/mol. The molecular formula is C16H24N4O2. The lowest BCUT2D eigenvalue weighted by atomic mass is 10.1. The number of pyridine rings is 1. The van der Waals surface area contributed by atoms with Gasteiger partial charge >= 0.3 is 0 Å². The first-order chi connectivity index (χ1) is 10.6. The van der Waals surface area contributed by atoms with Gasteiger partial charge in [-0.3, -0.25) is 9.59 Å². The molecule has 2 N–H and O–H groups in total. The van der Waals surface area contributed by atoms with Crippen LogP contribution in [0.5, 0.6) is 0 Å². The number of amides is 2. The first-order valence-corrected chi connectivity index (χ1v) is 7.87. The zero-order valence-corrected chi connectivity index (χ0v) is 13.3. The molecule has 1 aliphatic heterocycles. The molecule has 6 nitrogen and oxygen atoms in total. The molecule has 1 atom stereocenters. The van der Waals surface area contributed by atoms with E-state index in [1.807, 2.05) is 19.1 Å². The maximum absolute atomic E-state index is 11.7. The summed E-state index contributed by atoms with van der Waals surface area (Å²) >= 11 is 0. The molecule has 1 aromatic heterocycles. The molecular weight excluding hydrogens is 280 g/mol. The smallest absolute Gasteiger partial charge is 0.269 e. The van der Waals surface area contributed by atoms with E-state index in [4.69, 9.17) is 0 Å². The van der Waals surface area contributed by atoms with Gasteiger partial charge in [0, 0.05) is 32.6 Å². The molecule has 0 saturated carbocycles. The number of hydrogen-bond donors (Lipinski definition) is 2. The van der Waals surface area contributed by atoms with Gasteiger partial charge in [0.1, 0.15) is 11.5 Å². The number of carbonyl (C=O) groups is 2. The molecule has 6 heteroatoms. The number of nitrogens with one attached hydrogen (secondary N) is 2. The van der Waals surface area contributed by atoms with Gasteiger partial charge < -0.3 is 15.5 Å². The van der Waals surface area contributed by atoms with Crippen molar-refractivity contribution in [1.29, 1.82) is 0 Å². The third kappa shape index (κ3) is 4.19. The SMILES string of the molecule is CCCC(=O)N[C@H]1CCCN(c2cccc(C(=O)NC)n2)C1. The monoisotopic (exact) mass is 304 g/mol. The van der Waals surface area contributed by atoms with Crippen LogP contribution in [0, 0.1) is 0 Å². The summed E-state index contributed by atoms with van der Waals surface area (Å²) < 4.78 is 0. The number of anilines is 1. The van der Waals surface area contributed by atoms with E-state index < -0.39 is 0 Å². The Morgan fingerprint density at radius 1 is 1.41 bits per heavy atom. The zero-order chi connectivity index (χ0) is 15.9. The quantitative estimate of drug-likeness (QED) is 0.860. The molecule has 0 radical (unpaired) electrons. The highest BCUT2D eigenvalue weighted by molar-refractivity contribution is 5.92. The van der Waals surface area contributed by atoms with E-state index in [2.05, 4.69) is 20.5 Å². The molecule has 0 aliphatic carbocycles. The van der Waals surface area contributed by atoms with Gasteiger partial charge in [-0.15, -0.1) is 0 Å². The normalized spacial score (nSPS) is 17.9. The second-order valence-corrected chi connectivity index (χ2v) is 5.56. The van der Waals surface area contributed by atoms with E-state index in [0.29, 0.717) is 12.1 Å². The lowest BCUT2D eigenvalue weighted by molar-refractivity contribution is -0.121. The Morgan fingerprint density at radius 2 is 2.23 bits per heavy atom. The third-order valence-corrected chi connectivity index (χ3v) is 3.78. The summed E-state index contributed by atoms with van der Waals surface area (Å²) in [5.41, 5.74) is 0.414.